The fourth-order valence-corrected chi connectivity index (χ4v) is 3.09. The molecule has 2 N–H and O–H groups in total. The Morgan fingerprint density at radius 3 is 2.05 bits per heavy atom. The smallest absolute Gasteiger partial charge is 0.332 e. The number of piperazine rings is 1. The standard InChI is InChI=1S/C5H3N2O6S.C5H12N2/c1-3-4(6(8)9)2-14(12,13)5(3)7(10)11;1-7-4-2-6-3-5-7/h2H,1H2;6H,2-5H2,1H3/q-1;/p+1. The molecule has 2 aliphatic heterocycles. The summed E-state index contributed by atoms with van der Waals surface area (Å²) >= 11 is 0. The zero-order valence-electron chi connectivity index (χ0n) is 11.4. The maximum absolute atomic E-state index is 11.0. The van der Waals surface area contributed by atoms with Crippen LogP contribution in [0.5, 0.6) is 0 Å². The monoisotopic (exact) mass is 320 g/mol. The molecular weight excluding hydrogens is 304 g/mol. The number of nitrogens with two attached hydrogens (primary N) is 1. The molecule has 2 rings (SSSR count). The summed E-state index contributed by atoms with van der Waals surface area (Å²) in [6.45, 7) is 8.09. The van der Waals surface area contributed by atoms with Gasteiger partial charge in [0.2, 0.25) is 0 Å². The lowest BCUT2D eigenvalue weighted by atomic mass is 10.3. The van der Waals surface area contributed by atoms with Gasteiger partial charge in [-0.1, -0.05) is 6.58 Å². The summed E-state index contributed by atoms with van der Waals surface area (Å²) in [5, 5.41) is 32.1. The zero-order valence-corrected chi connectivity index (χ0v) is 12.2. The van der Waals surface area contributed by atoms with Crippen LogP contribution in [0.4, 0.5) is 0 Å². The highest BCUT2D eigenvalue weighted by atomic mass is 32.2. The van der Waals surface area contributed by atoms with Gasteiger partial charge in [-0.25, -0.2) is 8.42 Å². The predicted molar refractivity (Wildman–Crippen MR) is 74.3 cm³/mol. The van der Waals surface area contributed by atoms with Crippen LogP contribution in [-0.2, 0) is 9.84 Å². The molecular formula is C10H16N4O6S. The van der Waals surface area contributed by atoms with Gasteiger partial charge in [0.15, 0.2) is 0 Å². The molecule has 11 heteroatoms. The number of allylic oxidation sites excluding steroid dienone is 1. The van der Waals surface area contributed by atoms with E-state index in [4.69, 9.17) is 0 Å². The molecule has 1 saturated heterocycles. The number of nitrogens with zero attached hydrogens (tertiary/aromatic N) is 3. The molecule has 0 radical (unpaired) electrons. The molecule has 0 saturated carbocycles. The molecule has 0 spiro atoms. The summed E-state index contributed by atoms with van der Waals surface area (Å²) in [7, 11) is -2.14. The SMILES string of the molecule is C=C1C([N+](=O)[O-])=CS(=O)(=O)C1=[N+]([O-])[O-].CN1CC[NH2+]CC1. The molecule has 21 heavy (non-hydrogen) atoms. The van der Waals surface area contributed by atoms with Crippen molar-refractivity contribution in [1.82, 2.24) is 4.90 Å². The Morgan fingerprint density at radius 1 is 1.29 bits per heavy atom. The van der Waals surface area contributed by atoms with Crippen LogP contribution in [0.15, 0.2) is 23.3 Å². The Morgan fingerprint density at radius 2 is 1.81 bits per heavy atom. The van der Waals surface area contributed by atoms with Crippen molar-refractivity contribution in [2.24, 2.45) is 0 Å². The Labute approximate surface area is 121 Å². The Bertz CT molecular complexity index is 599. The molecule has 2 heterocycles. The van der Waals surface area contributed by atoms with Crippen LogP contribution in [0.3, 0.4) is 0 Å². The van der Waals surface area contributed by atoms with Crippen LogP contribution >= 0.6 is 0 Å². The first-order valence-electron chi connectivity index (χ1n) is 5.99. The minimum Gasteiger partial charge on any atom is -0.611 e. The van der Waals surface area contributed by atoms with E-state index in [-0.39, 0.29) is 5.41 Å². The van der Waals surface area contributed by atoms with Gasteiger partial charge in [0, 0.05) is 13.1 Å². The van der Waals surface area contributed by atoms with Crippen molar-refractivity contribution in [2.45, 2.75) is 0 Å². The third-order valence-electron chi connectivity index (χ3n) is 2.90. The van der Waals surface area contributed by atoms with Gasteiger partial charge in [-0.3, -0.25) is 15.0 Å². The molecule has 118 valence electrons. The summed E-state index contributed by atoms with van der Waals surface area (Å²) in [4.78, 5) is 10.4. The number of nitro groups is 1. The van der Waals surface area contributed by atoms with Crippen molar-refractivity contribution in [3.8, 4) is 0 Å². The van der Waals surface area contributed by atoms with Gasteiger partial charge in [0.25, 0.3) is 15.5 Å². The average Bonchev–Trinajstić information content (AvgIpc) is 2.61. The predicted octanol–water partition coefficient (Wildman–Crippen LogP) is -2.01. The number of hydrogen-bond donors (Lipinski definition) is 1. The second-order valence-corrected chi connectivity index (χ2v) is 6.23. The normalized spacial score (nSPS) is 21.3. The molecule has 0 aliphatic carbocycles. The highest BCUT2D eigenvalue weighted by Crippen LogP contribution is 2.24. The largest absolute Gasteiger partial charge is 0.611 e. The van der Waals surface area contributed by atoms with E-state index in [2.05, 4.69) is 23.8 Å². The van der Waals surface area contributed by atoms with Gasteiger partial charge >= 0.3 is 5.04 Å². The lowest BCUT2D eigenvalue weighted by Gasteiger charge is -2.19. The van der Waals surface area contributed by atoms with E-state index in [0.717, 1.165) is 0 Å². The Kier molecular flexibility index (Phi) is 5.41. The van der Waals surface area contributed by atoms with E-state index in [1.54, 1.807) is 0 Å². The average molecular weight is 320 g/mol. The third-order valence-corrected chi connectivity index (χ3v) is 4.36. The minimum atomic E-state index is -4.32. The zero-order chi connectivity index (χ0) is 16.2. The molecule has 0 aromatic heterocycles. The fourth-order valence-electron chi connectivity index (χ4n) is 1.80. The van der Waals surface area contributed by atoms with Crippen LogP contribution in [0.2, 0.25) is 0 Å². The minimum absolute atomic E-state index is 0.230. The van der Waals surface area contributed by atoms with Crippen LogP contribution in [0, 0.1) is 20.5 Å². The van der Waals surface area contributed by atoms with E-state index < -0.39 is 36.0 Å². The molecule has 0 atom stereocenters. The van der Waals surface area contributed by atoms with E-state index in [1.165, 1.54) is 26.2 Å². The molecule has 0 aromatic rings. The third kappa shape index (κ3) is 4.24. The molecule has 1 fully saturated rings. The Balaban J connectivity index is 0.000000262. The highest BCUT2D eigenvalue weighted by Gasteiger charge is 2.43. The van der Waals surface area contributed by atoms with Crippen molar-refractivity contribution in [3.63, 3.8) is 0 Å². The number of rotatable bonds is 1. The van der Waals surface area contributed by atoms with Crippen molar-refractivity contribution in [3.05, 3.63) is 43.8 Å². The van der Waals surface area contributed by atoms with Crippen molar-refractivity contribution in [1.29, 1.82) is 0 Å². The van der Waals surface area contributed by atoms with E-state index in [9.17, 15) is 28.9 Å². The molecule has 0 bridgehead atoms. The summed E-state index contributed by atoms with van der Waals surface area (Å²) in [6.07, 6.45) is 0. The van der Waals surface area contributed by atoms with Gasteiger partial charge < -0.3 is 15.7 Å². The molecule has 0 aromatic carbocycles. The topological polar surface area (TPSA) is 146 Å². The van der Waals surface area contributed by atoms with E-state index in [1.807, 2.05) is 0 Å². The fraction of sp³-hybridized carbons (Fsp3) is 0.500. The first-order valence-corrected chi connectivity index (χ1v) is 7.54. The number of quaternary nitrogens is 1. The van der Waals surface area contributed by atoms with Crippen LogP contribution in [0.25, 0.3) is 0 Å². The van der Waals surface area contributed by atoms with Gasteiger partial charge in [-0.2, -0.15) is 4.90 Å². The molecule has 2 aliphatic rings. The number of hydrogen-bond acceptors (Lipinski definition) is 7. The first-order chi connectivity index (χ1) is 9.66. The summed E-state index contributed by atoms with van der Waals surface area (Å²) in [6, 6.07) is 0. The highest BCUT2D eigenvalue weighted by molar-refractivity contribution is 8.09. The van der Waals surface area contributed by atoms with Gasteiger partial charge in [-0.05, 0) is 7.05 Å². The van der Waals surface area contributed by atoms with Crippen molar-refractivity contribution in [2.75, 3.05) is 33.2 Å². The second kappa shape index (κ2) is 6.65. The van der Waals surface area contributed by atoms with Gasteiger partial charge in [0.1, 0.15) is 11.0 Å². The van der Waals surface area contributed by atoms with Crippen LogP contribution in [-0.4, -0.2) is 61.4 Å². The quantitative estimate of drug-likeness (QED) is 0.333. The second-order valence-electron chi connectivity index (χ2n) is 4.52. The van der Waals surface area contributed by atoms with Crippen molar-refractivity contribution < 1.29 is 23.6 Å². The first kappa shape index (κ1) is 17.1. The van der Waals surface area contributed by atoms with Gasteiger partial charge in [-0.15, -0.1) is 0 Å². The summed E-state index contributed by atoms with van der Waals surface area (Å²) < 4.78 is 22.0. The number of likely N-dealkylation sites (N-methyl/N-ethyl adjacent to an activating group) is 1. The summed E-state index contributed by atoms with van der Waals surface area (Å²) in [5.74, 6) is 0. The lowest BCUT2D eigenvalue weighted by Crippen LogP contribution is -2.89. The maximum atomic E-state index is 11.0. The van der Waals surface area contributed by atoms with Gasteiger partial charge in [0.05, 0.1) is 18.0 Å². The Hall–Kier alpha value is -1.98. The molecule has 10 nitrogen and oxygen atoms in total. The molecule has 0 amide bonds. The van der Waals surface area contributed by atoms with Crippen LogP contribution in [0.1, 0.15) is 0 Å². The van der Waals surface area contributed by atoms with E-state index in [0.29, 0.717) is 0 Å². The lowest BCUT2D eigenvalue weighted by molar-refractivity contribution is -0.662. The van der Waals surface area contributed by atoms with Crippen molar-refractivity contribution >= 4 is 14.9 Å². The van der Waals surface area contributed by atoms with Crippen LogP contribution < -0.4 is 5.32 Å². The number of sulfone groups is 1. The van der Waals surface area contributed by atoms with E-state index >= 15 is 0 Å². The summed E-state index contributed by atoms with van der Waals surface area (Å²) in [5.41, 5.74) is -1.56. The molecule has 0 unspecified atom stereocenters. The maximum Gasteiger partial charge on any atom is 0.332 e.